The van der Waals surface area contributed by atoms with Crippen LogP contribution < -0.4 is 13.9 Å². The lowest BCUT2D eigenvalue weighted by Crippen LogP contribution is -2.27. The van der Waals surface area contributed by atoms with E-state index in [1.807, 2.05) is 24.3 Å². The van der Waals surface area contributed by atoms with Gasteiger partial charge >= 0.3 is 7.82 Å². The second-order valence-electron chi connectivity index (χ2n) is 12.3. The fourth-order valence-corrected chi connectivity index (χ4v) is 5.28. The molecule has 0 heterocycles. The molecule has 2 rings (SSSR count). The molecule has 0 N–H and O–H groups in total. The van der Waals surface area contributed by atoms with Crippen molar-refractivity contribution in [3.8, 4) is 11.5 Å². The monoisotopic (exact) mass is 575 g/mol. The second kappa shape index (κ2) is 21.0. The molecule has 0 amide bonds. The van der Waals surface area contributed by atoms with Gasteiger partial charge in [-0.1, -0.05) is 127 Å². The molecule has 0 bridgehead atoms. The first-order valence-electron chi connectivity index (χ1n) is 15.7. The Morgan fingerprint density at radius 3 is 1.23 bits per heavy atom. The molecule has 0 saturated heterocycles. The lowest BCUT2D eigenvalue weighted by molar-refractivity contribution is -0.849. The van der Waals surface area contributed by atoms with Gasteiger partial charge in [-0.25, -0.2) is 4.57 Å². The molecule has 0 aliphatic carbocycles. The first-order valence-corrected chi connectivity index (χ1v) is 17.2. The van der Waals surface area contributed by atoms with Gasteiger partial charge in [0.2, 0.25) is 0 Å². The van der Waals surface area contributed by atoms with E-state index in [0.29, 0.717) is 11.5 Å². The van der Waals surface area contributed by atoms with Crippen LogP contribution in [-0.2, 0) is 17.4 Å². The molecule has 0 unspecified atom stereocenters. The molecule has 0 aromatic heterocycles. The van der Waals surface area contributed by atoms with Crippen molar-refractivity contribution < 1.29 is 23.0 Å². The van der Waals surface area contributed by atoms with Crippen molar-refractivity contribution in [2.75, 3.05) is 28.2 Å². The van der Waals surface area contributed by atoms with Crippen LogP contribution >= 0.6 is 7.82 Å². The molecule has 0 atom stereocenters. The summed E-state index contributed by atoms with van der Waals surface area (Å²) in [6.45, 7) is 4.45. The first-order chi connectivity index (χ1) is 19.1. The number of unbranched alkanes of at least 4 members (excludes halogenated alkanes) is 12. The van der Waals surface area contributed by atoms with Crippen LogP contribution in [-0.4, -0.2) is 32.7 Å². The molecule has 0 aliphatic rings. The summed E-state index contributed by atoms with van der Waals surface area (Å²) in [5.74, 6) is 0.753. The van der Waals surface area contributed by atoms with Crippen LogP contribution in [0.5, 0.6) is 11.5 Å². The highest BCUT2D eigenvalue weighted by Gasteiger charge is 2.17. The molecule has 228 valence electrons. The number of phosphoric ester groups is 1. The quantitative estimate of drug-likeness (QED) is 0.0896. The summed E-state index contributed by atoms with van der Waals surface area (Å²) in [7, 11) is 3.94. The molecule has 0 radical (unpaired) electrons. The highest BCUT2D eigenvalue weighted by atomic mass is 31.2. The summed E-state index contributed by atoms with van der Waals surface area (Å²) in [6.07, 6.45) is 18.7. The van der Waals surface area contributed by atoms with Gasteiger partial charge in [0.05, 0.1) is 28.2 Å². The van der Waals surface area contributed by atoms with E-state index in [1.165, 1.54) is 64.2 Å². The minimum absolute atomic E-state index is 0.376. The topological polar surface area (TPSA) is 58.6 Å². The zero-order valence-electron chi connectivity index (χ0n) is 26.5. The first kappa shape index (κ1) is 36.2. The maximum Gasteiger partial charge on any atom is 0.372 e. The van der Waals surface area contributed by atoms with Crippen molar-refractivity contribution in [1.82, 2.24) is 0 Å². The van der Waals surface area contributed by atoms with Gasteiger partial charge in [0.1, 0.15) is 11.5 Å². The van der Waals surface area contributed by atoms with Gasteiger partial charge in [-0.3, -0.25) is 0 Å². The van der Waals surface area contributed by atoms with E-state index in [0.717, 1.165) is 54.1 Å². The van der Waals surface area contributed by atoms with E-state index >= 15 is 0 Å². The maximum absolute atomic E-state index is 12.8. The second-order valence-corrected chi connectivity index (χ2v) is 13.5. The van der Waals surface area contributed by atoms with Crippen LogP contribution in [0.15, 0.2) is 48.5 Å². The number of phosphoric acid groups is 1. The number of benzene rings is 2. The van der Waals surface area contributed by atoms with Gasteiger partial charge in [-0.05, 0) is 48.9 Å². The number of quaternary nitrogens is 1. The lowest BCUT2D eigenvalue weighted by Gasteiger charge is -2.26. The van der Waals surface area contributed by atoms with E-state index in [1.54, 1.807) is 24.3 Å². The molecular formula is C34H58NO4P. The fourth-order valence-electron chi connectivity index (χ4n) is 4.40. The predicted octanol–water partition coefficient (Wildman–Crippen LogP) is 9.52. The Morgan fingerprint density at radius 1 is 0.575 bits per heavy atom. The van der Waals surface area contributed by atoms with Gasteiger partial charge < -0.3 is 18.4 Å². The molecule has 2 aromatic carbocycles. The SMILES string of the molecule is CCCCCCCCCc1ccccc1OP(=O)([O-])Oc1ccccc1CCCCCCCCC.C[N+](C)(C)C. The van der Waals surface area contributed by atoms with Gasteiger partial charge in [0.25, 0.3) is 0 Å². The number of para-hydroxylation sites is 2. The predicted molar refractivity (Wildman–Crippen MR) is 169 cm³/mol. The third-order valence-corrected chi connectivity index (χ3v) is 7.31. The van der Waals surface area contributed by atoms with Crippen molar-refractivity contribution in [2.24, 2.45) is 0 Å². The minimum Gasteiger partial charge on any atom is -0.736 e. The normalized spacial score (nSPS) is 11.6. The van der Waals surface area contributed by atoms with Crippen molar-refractivity contribution in [2.45, 2.75) is 117 Å². The Labute approximate surface area is 246 Å². The van der Waals surface area contributed by atoms with E-state index in [4.69, 9.17) is 9.05 Å². The Kier molecular flexibility index (Phi) is 19.0. The summed E-state index contributed by atoms with van der Waals surface area (Å²) in [5, 5.41) is 0. The zero-order chi connectivity index (χ0) is 29.7. The molecule has 0 fully saturated rings. The third-order valence-electron chi connectivity index (χ3n) is 6.46. The van der Waals surface area contributed by atoms with Crippen molar-refractivity contribution in [3.05, 3.63) is 59.7 Å². The Balaban J connectivity index is 0.00000146. The van der Waals surface area contributed by atoms with Crippen molar-refractivity contribution in [3.63, 3.8) is 0 Å². The number of rotatable bonds is 20. The number of nitrogens with zero attached hydrogens (tertiary/aromatic N) is 1. The highest BCUT2D eigenvalue weighted by Crippen LogP contribution is 2.43. The summed E-state index contributed by atoms with van der Waals surface area (Å²) >= 11 is 0. The Bertz CT molecular complexity index is 883. The fraction of sp³-hybridized carbons (Fsp3) is 0.647. The van der Waals surface area contributed by atoms with Crippen LogP contribution in [0, 0.1) is 0 Å². The van der Waals surface area contributed by atoms with Crippen LogP contribution in [0.25, 0.3) is 0 Å². The molecule has 2 aromatic rings. The van der Waals surface area contributed by atoms with Crippen LogP contribution in [0.3, 0.4) is 0 Å². The summed E-state index contributed by atoms with van der Waals surface area (Å²) in [6, 6.07) is 14.8. The molecular weight excluding hydrogens is 517 g/mol. The van der Waals surface area contributed by atoms with Crippen LogP contribution in [0.4, 0.5) is 0 Å². The number of aryl methyl sites for hydroxylation is 2. The van der Waals surface area contributed by atoms with E-state index in [2.05, 4.69) is 42.0 Å². The van der Waals surface area contributed by atoms with Gasteiger partial charge in [-0.2, -0.15) is 0 Å². The van der Waals surface area contributed by atoms with Gasteiger partial charge in [0.15, 0.2) is 0 Å². The third kappa shape index (κ3) is 19.3. The summed E-state index contributed by atoms with van der Waals surface area (Å²) < 4.78 is 24.7. The lowest BCUT2D eigenvalue weighted by atomic mass is 10.0. The molecule has 40 heavy (non-hydrogen) atoms. The van der Waals surface area contributed by atoms with Crippen LogP contribution in [0.1, 0.15) is 115 Å². The largest absolute Gasteiger partial charge is 0.736 e. The average Bonchev–Trinajstić information content (AvgIpc) is 2.88. The molecule has 6 heteroatoms. The molecule has 5 nitrogen and oxygen atoms in total. The Hall–Kier alpha value is -1.81. The minimum atomic E-state index is -4.56. The maximum atomic E-state index is 12.8. The van der Waals surface area contributed by atoms with Gasteiger partial charge in [0, 0.05) is 0 Å². The smallest absolute Gasteiger partial charge is 0.372 e. The van der Waals surface area contributed by atoms with E-state index < -0.39 is 7.82 Å². The number of hydrogen-bond donors (Lipinski definition) is 0. The van der Waals surface area contributed by atoms with Crippen molar-refractivity contribution >= 4 is 7.82 Å². The van der Waals surface area contributed by atoms with Gasteiger partial charge in [-0.15, -0.1) is 0 Å². The highest BCUT2D eigenvalue weighted by molar-refractivity contribution is 7.46. The summed E-state index contributed by atoms with van der Waals surface area (Å²) in [4.78, 5) is 12.8. The van der Waals surface area contributed by atoms with E-state index in [-0.39, 0.29) is 0 Å². The molecule has 0 spiro atoms. The zero-order valence-corrected chi connectivity index (χ0v) is 27.4. The average molecular weight is 576 g/mol. The van der Waals surface area contributed by atoms with Crippen molar-refractivity contribution in [1.29, 1.82) is 0 Å². The number of hydrogen-bond acceptors (Lipinski definition) is 4. The molecule has 0 aliphatic heterocycles. The standard InChI is InChI=1S/C30H47O4P.C4H12N/c1-3-5-7-9-11-13-15-21-27-23-17-19-25-29(27)33-35(31,32)34-30-26-20-18-24-28(30)22-16-14-12-10-8-6-4-2;1-5(2,3)4/h17-20,23-26H,3-16,21-22H2,1-2H3,(H,31,32);1-4H3/q;+1/p-1. The Morgan fingerprint density at radius 2 is 0.875 bits per heavy atom. The molecule has 0 saturated carbocycles. The van der Waals surface area contributed by atoms with E-state index in [9.17, 15) is 9.46 Å². The van der Waals surface area contributed by atoms with Crippen LogP contribution in [0.2, 0.25) is 0 Å². The summed E-state index contributed by atoms with van der Waals surface area (Å²) in [5.41, 5.74) is 1.83.